The van der Waals surface area contributed by atoms with Crippen molar-refractivity contribution in [2.75, 3.05) is 16.6 Å². The Labute approximate surface area is 160 Å². The molecule has 10 heteroatoms. The molecule has 0 unspecified atom stereocenters. The fraction of sp³-hybridized carbons (Fsp3) is 0.167. The lowest BCUT2D eigenvalue weighted by atomic mass is 10.2. The van der Waals surface area contributed by atoms with Gasteiger partial charge >= 0.3 is 5.63 Å². The lowest BCUT2D eigenvalue weighted by Gasteiger charge is -2.14. The molecule has 2 aromatic carbocycles. The number of nitro groups is 1. The second-order valence-electron chi connectivity index (χ2n) is 5.92. The van der Waals surface area contributed by atoms with Crippen molar-refractivity contribution in [2.45, 2.75) is 18.2 Å². The molecule has 0 atom stereocenters. The molecule has 2 N–H and O–H groups in total. The number of nitrogens with one attached hydrogen (secondary N) is 2. The van der Waals surface area contributed by atoms with Gasteiger partial charge in [0.2, 0.25) is 0 Å². The van der Waals surface area contributed by atoms with E-state index in [9.17, 15) is 23.3 Å². The van der Waals surface area contributed by atoms with Crippen LogP contribution in [0.1, 0.15) is 13.3 Å². The van der Waals surface area contributed by atoms with Crippen molar-refractivity contribution in [3.8, 4) is 0 Å². The third kappa shape index (κ3) is 3.81. The number of anilines is 2. The average molecular weight is 403 g/mol. The van der Waals surface area contributed by atoms with Gasteiger partial charge in [-0.3, -0.25) is 14.8 Å². The quantitative estimate of drug-likeness (QED) is 0.351. The van der Waals surface area contributed by atoms with Crippen LogP contribution in [-0.2, 0) is 10.0 Å². The minimum Gasteiger partial charge on any atom is -0.421 e. The molecule has 0 aliphatic carbocycles. The SMILES string of the molecule is CCCNc1c(NS(=O)(=O)c2ccc([N+](=O)[O-])cc2)c(=O)oc2ccccc12. The van der Waals surface area contributed by atoms with E-state index in [1.165, 1.54) is 0 Å². The van der Waals surface area contributed by atoms with Gasteiger partial charge < -0.3 is 9.73 Å². The fourth-order valence-corrected chi connectivity index (χ4v) is 3.68. The molecule has 1 heterocycles. The van der Waals surface area contributed by atoms with Crippen LogP contribution in [0.5, 0.6) is 0 Å². The lowest BCUT2D eigenvalue weighted by molar-refractivity contribution is -0.384. The number of benzene rings is 2. The third-order valence-corrected chi connectivity index (χ3v) is 5.32. The summed E-state index contributed by atoms with van der Waals surface area (Å²) in [4.78, 5) is 22.3. The Bertz CT molecular complexity index is 1190. The van der Waals surface area contributed by atoms with Crippen LogP contribution in [0.25, 0.3) is 11.0 Å². The van der Waals surface area contributed by atoms with Crippen LogP contribution in [0.2, 0.25) is 0 Å². The van der Waals surface area contributed by atoms with Crippen LogP contribution >= 0.6 is 0 Å². The van der Waals surface area contributed by atoms with E-state index in [0.717, 1.165) is 30.7 Å². The minimum atomic E-state index is -4.17. The van der Waals surface area contributed by atoms with Crippen LogP contribution in [-0.4, -0.2) is 19.9 Å². The first-order valence-electron chi connectivity index (χ1n) is 8.40. The molecule has 0 saturated carbocycles. The molecule has 1 aromatic heterocycles. The molecule has 0 spiro atoms. The Kier molecular flexibility index (Phi) is 5.32. The molecule has 0 bridgehead atoms. The number of fused-ring (bicyclic) bond motifs is 1. The number of para-hydroxylation sites is 1. The van der Waals surface area contributed by atoms with E-state index >= 15 is 0 Å². The molecule has 0 fully saturated rings. The van der Waals surface area contributed by atoms with Crippen LogP contribution in [0.15, 0.2) is 62.6 Å². The Hall–Kier alpha value is -3.40. The van der Waals surface area contributed by atoms with E-state index in [4.69, 9.17) is 4.42 Å². The maximum atomic E-state index is 12.7. The Morgan fingerprint density at radius 1 is 1.07 bits per heavy atom. The van der Waals surface area contributed by atoms with Gasteiger partial charge in [-0.1, -0.05) is 19.1 Å². The normalized spacial score (nSPS) is 11.3. The Morgan fingerprint density at radius 2 is 1.75 bits per heavy atom. The molecule has 0 radical (unpaired) electrons. The van der Waals surface area contributed by atoms with Crippen molar-refractivity contribution in [3.05, 3.63) is 69.1 Å². The first-order chi connectivity index (χ1) is 13.3. The summed E-state index contributed by atoms with van der Waals surface area (Å²) >= 11 is 0. The monoisotopic (exact) mass is 403 g/mol. The van der Waals surface area contributed by atoms with Crippen molar-refractivity contribution in [1.29, 1.82) is 0 Å². The van der Waals surface area contributed by atoms with Crippen LogP contribution in [0.3, 0.4) is 0 Å². The lowest BCUT2D eigenvalue weighted by Crippen LogP contribution is -2.21. The van der Waals surface area contributed by atoms with E-state index < -0.39 is 20.6 Å². The van der Waals surface area contributed by atoms with Gasteiger partial charge in [-0.05, 0) is 30.7 Å². The Balaban J connectivity index is 2.08. The van der Waals surface area contributed by atoms with E-state index in [2.05, 4.69) is 10.0 Å². The number of nitrogens with zero attached hydrogens (tertiary/aromatic N) is 1. The predicted octanol–water partition coefficient (Wildman–Crippen LogP) is 3.32. The predicted molar refractivity (Wildman–Crippen MR) is 105 cm³/mol. The summed E-state index contributed by atoms with van der Waals surface area (Å²) < 4.78 is 32.9. The summed E-state index contributed by atoms with van der Waals surface area (Å²) in [7, 11) is -4.17. The fourth-order valence-electron chi connectivity index (χ4n) is 2.62. The highest BCUT2D eigenvalue weighted by Crippen LogP contribution is 2.30. The van der Waals surface area contributed by atoms with Crippen LogP contribution < -0.4 is 15.7 Å². The van der Waals surface area contributed by atoms with E-state index in [0.29, 0.717) is 23.2 Å². The molecule has 28 heavy (non-hydrogen) atoms. The van der Waals surface area contributed by atoms with Crippen molar-refractivity contribution in [3.63, 3.8) is 0 Å². The number of nitro benzene ring substituents is 1. The second kappa shape index (κ2) is 7.69. The zero-order valence-corrected chi connectivity index (χ0v) is 15.7. The van der Waals surface area contributed by atoms with E-state index in [1.54, 1.807) is 24.3 Å². The highest BCUT2D eigenvalue weighted by Gasteiger charge is 2.22. The highest BCUT2D eigenvalue weighted by atomic mass is 32.2. The summed E-state index contributed by atoms with van der Waals surface area (Å²) in [6.07, 6.45) is 0.753. The second-order valence-corrected chi connectivity index (χ2v) is 7.60. The smallest absolute Gasteiger partial charge is 0.363 e. The summed E-state index contributed by atoms with van der Waals surface area (Å²) in [5.74, 6) is 0. The zero-order chi connectivity index (χ0) is 20.3. The van der Waals surface area contributed by atoms with Gasteiger partial charge in [0.05, 0.1) is 15.5 Å². The van der Waals surface area contributed by atoms with Crippen molar-refractivity contribution in [2.24, 2.45) is 0 Å². The topological polar surface area (TPSA) is 132 Å². The molecule has 0 amide bonds. The number of hydrogen-bond donors (Lipinski definition) is 2. The summed E-state index contributed by atoms with van der Waals surface area (Å²) in [6.45, 7) is 2.45. The van der Waals surface area contributed by atoms with Gasteiger partial charge in [-0.25, -0.2) is 13.2 Å². The number of rotatable bonds is 7. The molecule has 9 nitrogen and oxygen atoms in total. The molecule has 0 aliphatic rings. The molecule has 3 rings (SSSR count). The minimum absolute atomic E-state index is 0.216. The summed E-state index contributed by atoms with van der Waals surface area (Å²) in [5.41, 5.74) is -0.689. The largest absolute Gasteiger partial charge is 0.421 e. The van der Waals surface area contributed by atoms with Gasteiger partial charge in [0.15, 0.2) is 5.69 Å². The molecule has 0 saturated heterocycles. The standard InChI is InChI=1S/C18H17N3O6S/c1-2-11-19-16-14-5-3-4-6-15(14)27-18(22)17(16)20-28(25,26)13-9-7-12(8-10-13)21(23)24/h3-10,19-20H,2,11H2,1H3. The Morgan fingerprint density at radius 3 is 2.39 bits per heavy atom. The molecular formula is C18H17N3O6S. The van der Waals surface area contributed by atoms with E-state index in [-0.39, 0.29) is 16.3 Å². The number of sulfonamides is 1. The van der Waals surface area contributed by atoms with Gasteiger partial charge in [0.1, 0.15) is 5.58 Å². The summed E-state index contributed by atoms with van der Waals surface area (Å²) in [5, 5.41) is 14.4. The zero-order valence-electron chi connectivity index (χ0n) is 14.8. The van der Waals surface area contributed by atoms with Crippen molar-refractivity contribution < 1.29 is 17.8 Å². The third-order valence-electron chi connectivity index (χ3n) is 3.96. The van der Waals surface area contributed by atoms with Gasteiger partial charge in [-0.15, -0.1) is 0 Å². The van der Waals surface area contributed by atoms with Gasteiger partial charge in [0.25, 0.3) is 15.7 Å². The van der Waals surface area contributed by atoms with Crippen molar-refractivity contribution >= 4 is 38.1 Å². The molecular weight excluding hydrogens is 386 g/mol. The van der Waals surface area contributed by atoms with Gasteiger partial charge in [-0.2, -0.15) is 0 Å². The van der Waals surface area contributed by atoms with Crippen LogP contribution in [0, 0.1) is 10.1 Å². The van der Waals surface area contributed by atoms with E-state index in [1.807, 2.05) is 6.92 Å². The maximum absolute atomic E-state index is 12.7. The molecule has 0 aliphatic heterocycles. The van der Waals surface area contributed by atoms with Crippen molar-refractivity contribution in [1.82, 2.24) is 0 Å². The maximum Gasteiger partial charge on any atom is 0.363 e. The van der Waals surface area contributed by atoms with Gasteiger partial charge in [0, 0.05) is 24.1 Å². The molecule has 3 aromatic rings. The van der Waals surface area contributed by atoms with Crippen LogP contribution in [0.4, 0.5) is 17.1 Å². The number of non-ortho nitro benzene ring substituents is 1. The first-order valence-corrected chi connectivity index (χ1v) is 9.89. The summed E-state index contributed by atoms with van der Waals surface area (Å²) in [6, 6.07) is 11.1. The molecule has 146 valence electrons. The average Bonchev–Trinajstić information content (AvgIpc) is 2.67. The highest BCUT2D eigenvalue weighted by molar-refractivity contribution is 7.92. The number of hydrogen-bond acceptors (Lipinski definition) is 7. The first kappa shape index (κ1) is 19.4.